The van der Waals surface area contributed by atoms with Crippen LogP contribution in [0.3, 0.4) is 0 Å². The number of ether oxygens (including phenoxy) is 4. The van der Waals surface area contributed by atoms with E-state index in [-0.39, 0.29) is 25.1 Å². The van der Waals surface area contributed by atoms with E-state index in [1.807, 2.05) is 66.7 Å². The van der Waals surface area contributed by atoms with Crippen LogP contribution in [0.2, 0.25) is 0 Å². The second-order valence-corrected chi connectivity index (χ2v) is 14.1. The van der Waals surface area contributed by atoms with Crippen LogP contribution in [0.15, 0.2) is 30.3 Å². The van der Waals surface area contributed by atoms with Crippen LogP contribution in [0.1, 0.15) is 100 Å². The van der Waals surface area contributed by atoms with Gasteiger partial charge in [0.25, 0.3) is 0 Å². The molecule has 1 saturated heterocycles. The Morgan fingerprint density at radius 1 is 0.976 bits per heavy atom. The van der Waals surface area contributed by atoms with Gasteiger partial charge in [-0.25, -0.2) is 6.57 Å². The van der Waals surface area contributed by atoms with Crippen molar-refractivity contribution in [2.24, 2.45) is 21.7 Å². The van der Waals surface area contributed by atoms with Crippen molar-refractivity contribution in [1.82, 2.24) is 0 Å². The van der Waals surface area contributed by atoms with E-state index < -0.39 is 39.5 Å². The SMILES string of the molecule is [C-]#[N+]C(C)(C)CC(C)(C(=O)OC(C)OCCC)C(C)(C)CC(C)(C(=O)OCC1CO1)C(C)(C)CCc1ccccc1. The molecule has 0 spiro atoms. The third-order valence-electron chi connectivity index (χ3n) is 9.29. The molecule has 1 aliphatic rings. The first-order valence-corrected chi connectivity index (χ1v) is 15.0. The van der Waals surface area contributed by atoms with Gasteiger partial charge in [0.2, 0.25) is 5.54 Å². The number of hydrogen-bond acceptors (Lipinski definition) is 6. The van der Waals surface area contributed by atoms with Crippen LogP contribution in [0.5, 0.6) is 0 Å². The number of aryl methyl sites for hydroxylation is 1. The van der Waals surface area contributed by atoms with Gasteiger partial charge in [0.05, 0.1) is 24.0 Å². The highest BCUT2D eigenvalue weighted by Crippen LogP contribution is 2.57. The van der Waals surface area contributed by atoms with Crippen molar-refractivity contribution in [1.29, 1.82) is 0 Å². The smallest absolute Gasteiger partial charge is 0.314 e. The highest BCUT2D eigenvalue weighted by atomic mass is 16.7. The van der Waals surface area contributed by atoms with E-state index in [9.17, 15) is 9.59 Å². The fourth-order valence-electron chi connectivity index (χ4n) is 5.63. The van der Waals surface area contributed by atoms with Crippen LogP contribution < -0.4 is 0 Å². The summed E-state index contributed by atoms with van der Waals surface area (Å²) < 4.78 is 22.7. The van der Waals surface area contributed by atoms with Gasteiger partial charge in [0.1, 0.15) is 12.7 Å². The molecule has 2 rings (SSSR count). The minimum Gasteiger partial charge on any atom is -0.462 e. The Morgan fingerprint density at radius 3 is 2.10 bits per heavy atom. The molecule has 1 aromatic rings. The van der Waals surface area contributed by atoms with Gasteiger partial charge in [-0.3, -0.25) is 9.59 Å². The van der Waals surface area contributed by atoms with E-state index in [2.05, 4.69) is 30.8 Å². The Balaban J connectivity index is 2.48. The highest BCUT2D eigenvalue weighted by molar-refractivity contribution is 5.80. The molecule has 0 saturated carbocycles. The molecule has 4 unspecified atom stereocenters. The van der Waals surface area contributed by atoms with E-state index in [0.29, 0.717) is 19.6 Å². The average molecular weight is 572 g/mol. The number of rotatable bonds is 17. The lowest BCUT2D eigenvalue weighted by molar-refractivity contribution is -0.198. The number of hydrogen-bond donors (Lipinski definition) is 0. The standard InChI is InChI=1S/C34H53NO6/c1-12-20-38-25(2)41-29(37)34(10,24-32(7,8)35-11)31(5,6)23-33(9,28(36)40-22-27-21-39-27)30(3,4)19-18-26-16-14-13-15-17-26/h13-17,25,27H,12,18-24H2,1-10H3. The summed E-state index contributed by atoms with van der Waals surface area (Å²) in [7, 11) is 0. The van der Waals surface area contributed by atoms with E-state index in [0.717, 1.165) is 19.3 Å². The number of epoxide rings is 1. The predicted molar refractivity (Wildman–Crippen MR) is 161 cm³/mol. The van der Waals surface area contributed by atoms with E-state index >= 15 is 0 Å². The van der Waals surface area contributed by atoms with Crippen molar-refractivity contribution >= 4 is 11.9 Å². The third-order valence-corrected chi connectivity index (χ3v) is 9.29. The molecule has 0 radical (unpaired) electrons. The Bertz CT molecular complexity index is 1050. The Kier molecular flexibility index (Phi) is 11.6. The van der Waals surface area contributed by atoms with Gasteiger partial charge in [-0.1, -0.05) is 65.0 Å². The quantitative estimate of drug-likeness (QED) is 0.0838. The number of benzene rings is 1. The zero-order chi connectivity index (χ0) is 31.1. The van der Waals surface area contributed by atoms with Crippen molar-refractivity contribution in [2.75, 3.05) is 19.8 Å². The van der Waals surface area contributed by atoms with E-state index in [1.54, 1.807) is 6.92 Å². The van der Waals surface area contributed by atoms with Gasteiger partial charge in [-0.15, -0.1) is 0 Å². The maximum Gasteiger partial charge on any atom is 0.314 e. The maximum atomic E-state index is 14.0. The highest BCUT2D eigenvalue weighted by Gasteiger charge is 2.59. The molecular weight excluding hydrogens is 518 g/mol. The van der Waals surface area contributed by atoms with Crippen LogP contribution in [0, 0.1) is 28.2 Å². The van der Waals surface area contributed by atoms with Crippen molar-refractivity contribution in [3.63, 3.8) is 0 Å². The lowest BCUT2D eigenvalue weighted by Gasteiger charge is -2.51. The van der Waals surface area contributed by atoms with Crippen molar-refractivity contribution in [3.8, 4) is 0 Å². The van der Waals surface area contributed by atoms with Crippen molar-refractivity contribution in [2.45, 2.75) is 119 Å². The molecule has 1 aliphatic heterocycles. The first-order chi connectivity index (χ1) is 18.9. The molecule has 1 aromatic carbocycles. The van der Waals surface area contributed by atoms with E-state index in [1.165, 1.54) is 5.56 Å². The molecule has 4 atom stereocenters. The van der Waals surface area contributed by atoms with Gasteiger partial charge in [-0.05, 0) is 62.8 Å². The maximum absolute atomic E-state index is 14.0. The van der Waals surface area contributed by atoms with Gasteiger partial charge in [-0.2, -0.15) is 0 Å². The number of carbonyl (C=O) groups excluding carboxylic acids is 2. The second-order valence-electron chi connectivity index (χ2n) is 14.1. The molecule has 1 heterocycles. The number of esters is 2. The van der Waals surface area contributed by atoms with Gasteiger partial charge in [0.15, 0.2) is 6.29 Å². The molecule has 7 nitrogen and oxygen atoms in total. The minimum atomic E-state index is -1.10. The van der Waals surface area contributed by atoms with Crippen molar-refractivity contribution < 1.29 is 28.5 Å². The van der Waals surface area contributed by atoms with Crippen LogP contribution in [0.25, 0.3) is 4.85 Å². The van der Waals surface area contributed by atoms with Crippen LogP contribution in [0.4, 0.5) is 0 Å². The molecular formula is C34H53NO6. The minimum absolute atomic E-state index is 0.0482. The Hall–Kier alpha value is -2.43. The Labute approximate surface area is 248 Å². The summed E-state index contributed by atoms with van der Waals surface area (Å²) in [6, 6.07) is 10.2. The summed E-state index contributed by atoms with van der Waals surface area (Å²) in [6.07, 6.45) is 2.21. The number of nitrogens with zero attached hydrogens (tertiary/aromatic N) is 1. The molecule has 0 aliphatic carbocycles. The van der Waals surface area contributed by atoms with E-state index in [4.69, 9.17) is 25.5 Å². The normalized spacial score (nSPS) is 19.3. The first-order valence-electron chi connectivity index (χ1n) is 15.0. The molecule has 0 aromatic heterocycles. The summed E-state index contributed by atoms with van der Waals surface area (Å²) >= 11 is 0. The Morgan fingerprint density at radius 2 is 1.56 bits per heavy atom. The predicted octanol–water partition coefficient (Wildman–Crippen LogP) is 7.42. The molecule has 0 bridgehead atoms. The lowest BCUT2D eigenvalue weighted by Crippen LogP contribution is -2.53. The topological polar surface area (TPSA) is 78.7 Å². The monoisotopic (exact) mass is 571 g/mol. The summed E-state index contributed by atoms with van der Waals surface area (Å²) in [4.78, 5) is 31.8. The molecule has 0 N–H and O–H groups in total. The lowest BCUT2D eigenvalue weighted by atomic mass is 9.52. The third kappa shape index (κ3) is 9.03. The fourth-order valence-corrected chi connectivity index (χ4v) is 5.63. The largest absolute Gasteiger partial charge is 0.462 e. The summed E-state index contributed by atoms with van der Waals surface area (Å²) in [5.74, 6) is -0.717. The second kappa shape index (κ2) is 13.7. The van der Waals surface area contributed by atoms with Gasteiger partial charge in [0, 0.05) is 20.3 Å². The zero-order valence-corrected chi connectivity index (χ0v) is 27.1. The molecule has 1 fully saturated rings. The first kappa shape index (κ1) is 34.8. The van der Waals surface area contributed by atoms with Crippen molar-refractivity contribution in [3.05, 3.63) is 47.3 Å². The van der Waals surface area contributed by atoms with Crippen LogP contribution >= 0.6 is 0 Å². The van der Waals surface area contributed by atoms with Crippen LogP contribution in [-0.2, 0) is 35.0 Å². The summed E-state index contributed by atoms with van der Waals surface area (Å²) in [6.45, 7) is 28.6. The summed E-state index contributed by atoms with van der Waals surface area (Å²) in [5.41, 5.74) is -2.91. The average Bonchev–Trinajstić information content (AvgIpc) is 3.73. The number of carbonyl (C=O) groups is 2. The zero-order valence-electron chi connectivity index (χ0n) is 27.1. The van der Waals surface area contributed by atoms with Gasteiger partial charge >= 0.3 is 11.9 Å². The van der Waals surface area contributed by atoms with Gasteiger partial charge < -0.3 is 23.8 Å². The molecule has 0 amide bonds. The summed E-state index contributed by atoms with van der Waals surface area (Å²) in [5, 5.41) is 0. The molecule has 7 heteroatoms. The molecule has 230 valence electrons. The van der Waals surface area contributed by atoms with Crippen LogP contribution in [-0.4, -0.2) is 49.7 Å². The fraction of sp³-hybridized carbons (Fsp3) is 0.735. The molecule has 41 heavy (non-hydrogen) atoms.